The topological polar surface area (TPSA) is 20.3 Å². The minimum atomic E-state index is -0.301. The first kappa shape index (κ1) is 20.1. The van der Waals surface area contributed by atoms with Crippen LogP contribution in [0, 0.1) is 17.7 Å². The van der Waals surface area contributed by atoms with E-state index in [4.69, 9.17) is 0 Å². The van der Waals surface area contributed by atoms with Crippen LogP contribution in [0.1, 0.15) is 46.2 Å². The second kappa shape index (κ2) is 8.76. The minimum Gasteiger partial charge on any atom is -0.303 e. The molecule has 3 aromatic rings. The van der Waals surface area contributed by atoms with Crippen molar-refractivity contribution < 1.29 is 9.18 Å². The predicted octanol–water partition coefficient (Wildman–Crippen LogP) is 5.92. The summed E-state index contributed by atoms with van der Waals surface area (Å²) in [6.45, 7) is 3.17. The number of fused-ring (bicyclic) bond motifs is 1. The maximum atomic E-state index is 13.1. The van der Waals surface area contributed by atoms with Crippen LogP contribution in [0.15, 0.2) is 84.9 Å². The largest absolute Gasteiger partial charge is 0.303 e. The molecule has 1 saturated heterocycles. The molecule has 0 amide bonds. The Bertz CT molecular complexity index is 964. The van der Waals surface area contributed by atoms with Crippen molar-refractivity contribution >= 4 is 5.78 Å². The third kappa shape index (κ3) is 4.07. The van der Waals surface area contributed by atoms with E-state index in [9.17, 15) is 9.18 Å². The zero-order valence-electron chi connectivity index (χ0n) is 17.7. The summed E-state index contributed by atoms with van der Waals surface area (Å²) in [5.41, 5.74) is 3.51. The Labute approximate surface area is 183 Å². The second-order valence-electron chi connectivity index (χ2n) is 8.99. The molecule has 31 heavy (non-hydrogen) atoms. The summed E-state index contributed by atoms with van der Waals surface area (Å²) >= 11 is 0. The number of Topliss-reactive ketones (excluding diaryl/α,β-unsaturated/α-hetero) is 1. The summed E-state index contributed by atoms with van der Waals surface area (Å²) in [6.07, 6.45) is 1.36. The lowest BCUT2D eigenvalue weighted by molar-refractivity contribution is 0.0976. The molecular formula is C28H28FNO. The van der Waals surface area contributed by atoms with Crippen molar-refractivity contribution in [1.29, 1.82) is 0 Å². The van der Waals surface area contributed by atoms with Crippen LogP contribution >= 0.6 is 0 Å². The van der Waals surface area contributed by atoms with Gasteiger partial charge in [0.25, 0.3) is 0 Å². The number of likely N-dealkylation sites (tertiary alicyclic amines) is 1. The molecule has 158 valence electrons. The van der Waals surface area contributed by atoms with Gasteiger partial charge in [-0.3, -0.25) is 4.79 Å². The molecule has 3 aromatic carbocycles. The highest BCUT2D eigenvalue weighted by atomic mass is 19.1. The van der Waals surface area contributed by atoms with Crippen LogP contribution in [0.25, 0.3) is 0 Å². The Kier molecular flexibility index (Phi) is 5.69. The minimum absolute atomic E-state index is 0.103. The van der Waals surface area contributed by atoms with Gasteiger partial charge in [0.1, 0.15) is 5.82 Å². The Morgan fingerprint density at radius 2 is 1.29 bits per heavy atom. The molecule has 1 saturated carbocycles. The van der Waals surface area contributed by atoms with Crippen LogP contribution in [0.5, 0.6) is 0 Å². The molecule has 1 heterocycles. The van der Waals surface area contributed by atoms with Crippen LogP contribution < -0.4 is 0 Å². The fourth-order valence-electron chi connectivity index (χ4n) is 5.77. The highest BCUT2D eigenvalue weighted by Crippen LogP contribution is 2.60. The standard InChI is InChI=1S/C28H28FNO/c29-23-15-13-20(14-16-23)26(31)12-7-17-30-18-24-25(19-30)28(22-10-5-2-6-11-22)27(24)21-8-3-1-4-9-21/h1-6,8-11,13-16,24-25,27-28H,7,12,17-19H2. The first-order valence-corrected chi connectivity index (χ1v) is 11.3. The fourth-order valence-corrected chi connectivity index (χ4v) is 5.77. The van der Waals surface area contributed by atoms with E-state index in [0.717, 1.165) is 26.1 Å². The van der Waals surface area contributed by atoms with E-state index in [0.29, 0.717) is 35.7 Å². The summed E-state index contributed by atoms with van der Waals surface area (Å²) in [6, 6.07) is 27.8. The molecule has 1 aliphatic heterocycles. The molecular weight excluding hydrogens is 385 g/mol. The number of carbonyl (C=O) groups is 1. The molecule has 5 rings (SSSR count). The normalized spacial score (nSPS) is 25.1. The average Bonchev–Trinajstić information content (AvgIpc) is 3.14. The van der Waals surface area contributed by atoms with Gasteiger partial charge in [-0.15, -0.1) is 0 Å². The van der Waals surface area contributed by atoms with Gasteiger partial charge < -0.3 is 4.90 Å². The maximum Gasteiger partial charge on any atom is 0.162 e. The number of carbonyl (C=O) groups excluding carboxylic acids is 1. The molecule has 3 heteroatoms. The van der Waals surface area contributed by atoms with Crippen molar-refractivity contribution in [2.75, 3.05) is 19.6 Å². The molecule has 2 nitrogen and oxygen atoms in total. The lowest BCUT2D eigenvalue weighted by atomic mass is 9.54. The first-order valence-electron chi connectivity index (χ1n) is 11.3. The second-order valence-corrected chi connectivity index (χ2v) is 8.99. The van der Waals surface area contributed by atoms with Gasteiger partial charge in [0, 0.05) is 25.1 Å². The zero-order chi connectivity index (χ0) is 21.2. The Morgan fingerprint density at radius 1 is 0.774 bits per heavy atom. The van der Waals surface area contributed by atoms with Gasteiger partial charge in [0.05, 0.1) is 0 Å². The van der Waals surface area contributed by atoms with Gasteiger partial charge in [-0.25, -0.2) is 4.39 Å². The summed E-state index contributed by atoms with van der Waals surface area (Å²) in [5.74, 6) is 2.30. The summed E-state index contributed by atoms with van der Waals surface area (Å²) in [4.78, 5) is 15.0. The SMILES string of the molecule is O=C(CCCN1CC2C(C1)C(c1ccccc1)C2c1ccccc1)c1ccc(F)cc1. The van der Waals surface area contributed by atoms with E-state index in [2.05, 4.69) is 65.6 Å². The van der Waals surface area contributed by atoms with Crippen molar-refractivity contribution in [2.24, 2.45) is 11.8 Å². The van der Waals surface area contributed by atoms with Crippen LogP contribution in [0.3, 0.4) is 0 Å². The number of hydrogen-bond donors (Lipinski definition) is 0. The Balaban J connectivity index is 1.23. The molecule has 1 aliphatic carbocycles. The zero-order valence-corrected chi connectivity index (χ0v) is 17.7. The summed E-state index contributed by atoms with van der Waals surface area (Å²) in [7, 11) is 0. The monoisotopic (exact) mass is 413 g/mol. The van der Waals surface area contributed by atoms with Gasteiger partial charge in [0.2, 0.25) is 0 Å². The number of hydrogen-bond acceptors (Lipinski definition) is 2. The van der Waals surface area contributed by atoms with E-state index in [1.54, 1.807) is 12.1 Å². The number of nitrogens with zero attached hydrogens (tertiary/aromatic N) is 1. The lowest BCUT2D eigenvalue weighted by Crippen LogP contribution is -2.42. The van der Waals surface area contributed by atoms with Crippen molar-refractivity contribution in [1.82, 2.24) is 4.90 Å². The molecule has 0 spiro atoms. The van der Waals surface area contributed by atoms with Crippen molar-refractivity contribution in [3.05, 3.63) is 107 Å². The van der Waals surface area contributed by atoms with Gasteiger partial charge >= 0.3 is 0 Å². The van der Waals surface area contributed by atoms with Crippen molar-refractivity contribution in [3.8, 4) is 0 Å². The first-order chi connectivity index (χ1) is 15.2. The van der Waals surface area contributed by atoms with Gasteiger partial charge in [-0.05, 0) is 72.0 Å². The van der Waals surface area contributed by atoms with E-state index in [1.165, 1.54) is 23.3 Å². The third-order valence-corrected chi connectivity index (χ3v) is 7.21. The average molecular weight is 414 g/mol. The molecule has 0 N–H and O–H groups in total. The molecule has 0 radical (unpaired) electrons. The molecule has 4 unspecified atom stereocenters. The molecule has 2 aliphatic rings. The van der Waals surface area contributed by atoms with E-state index in [-0.39, 0.29) is 11.6 Å². The van der Waals surface area contributed by atoms with E-state index in [1.807, 2.05) is 0 Å². The van der Waals surface area contributed by atoms with E-state index >= 15 is 0 Å². The van der Waals surface area contributed by atoms with Crippen LogP contribution in [-0.4, -0.2) is 30.3 Å². The van der Waals surface area contributed by atoms with Crippen LogP contribution in [-0.2, 0) is 0 Å². The number of rotatable bonds is 7. The molecule has 4 atom stereocenters. The molecule has 0 bridgehead atoms. The van der Waals surface area contributed by atoms with Gasteiger partial charge in [-0.1, -0.05) is 60.7 Å². The third-order valence-electron chi connectivity index (χ3n) is 7.21. The number of benzene rings is 3. The van der Waals surface area contributed by atoms with Crippen molar-refractivity contribution in [3.63, 3.8) is 0 Å². The number of ketones is 1. The van der Waals surface area contributed by atoms with Crippen LogP contribution in [0.4, 0.5) is 4.39 Å². The predicted molar refractivity (Wildman–Crippen MR) is 122 cm³/mol. The number of halogens is 1. The quantitative estimate of drug-likeness (QED) is 0.448. The maximum absolute atomic E-state index is 13.1. The summed E-state index contributed by atoms with van der Waals surface area (Å²) < 4.78 is 13.1. The molecule has 0 aromatic heterocycles. The fraction of sp³-hybridized carbons (Fsp3) is 0.321. The van der Waals surface area contributed by atoms with Crippen molar-refractivity contribution in [2.45, 2.75) is 24.7 Å². The lowest BCUT2D eigenvalue weighted by Gasteiger charge is -2.49. The molecule has 2 fully saturated rings. The summed E-state index contributed by atoms with van der Waals surface area (Å²) in [5, 5.41) is 0. The van der Waals surface area contributed by atoms with Gasteiger partial charge in [0.15, 0.2) is 5.78 Å². The van der Waals surface area contributed by atoms with E-state index < -0.39 is 0 Å². The van der Waals surface area contributed by atoms with Gasteiger partial charge in [-0.2, -0.15) is 0 Å². The van der Waals surface area contributed by atoms with Crippen LogP contribution in [0.2, 0.25) is 0 Å². The smallest absolute Gasteiger partial charge is 0.162 e. The highest BCUT2D eigenvalue weighted by molar-refractivity contribution is 5.95. The Morgan fingerprint density at radius 3 is 1.81 bits per heavy atom. The Hall–Kier alpha value is -2.78. The highest BCUT2D eigenvalue weighted by Gasteiger charge is 2.55.